The van der Waals surface area contributed by atoms with Gasteiger partial charge in [0.25, 0.3) is 0 Å². The maximum Gasteiger partial charge on any atom is 0.0948 e. The Morgan fingerprint density at radius 3 is 3.06 bits per heavy atom. The Kier molecular flexibility index (Phi) is 2.95. The molecule has 2 aliphatic rings. The number of hydrogen-bond acceptors (Lipinski definition) is 2. The molecule has 1 atom stereocenters. The van der Waals surface area contributed by atoms with Crippen LogP contribution in [0.2, 0.25) is 0 Å². The van der Waals surface area contributed by atoms with Crippen molar-refractivity contribution in [2.24, 2.45) is 5.41 Å². The fraction of sp³-hybridized carbons (Fsp3) is 0.786. The van der Waals surface area contributed by atoms with E-state index in [1.807, 2.05) is 6.33 Å². The van der Waals surface area contributed by atoms with Gasteiger partial charge in [0, 0.05) is 30.9 Å². The van der Waals surface area contributed by atoms with Crippen LogP contribution >= 0.6 is 0 Å². The molecule has 3 rings (SSSR count). The van der Waals surface area contributed by atoms with Gasteiger partial charge >= 0.3 is 0 Å². The predicted molar refractivity (Wildman–Crippen MR) is 69.0 cm³/mol. The van der Waals surface area contributed by atoms with E-state index >= 15 is 0 Å². The molecule has 2 heterocycles. The number of hydrogen-bond donors (Lipinski definition) is 1. The predicted octanol–water partition coefficient (Wildman–Crippen LogP) is 2.54. The average Bonchev–Trinajstić information content (AvgIpc) is 3.00. The van der Waals surface area contributed by atoms with E-state index in [2.05, 4.69) is 28.0 Å². The number of nitrogens with zero attached hydrogens (tertiary/aromatic N) is 2. The van der Waals surface area contributed by atoms with Crippen LogP contribution in [0.25, 0.3) is 0 Å². The second-order valence-corrected chi connectivity index (χ2v) is 5.84. The lowest BCUT2D eigenvalue weighted by Gasteiger charge is -2.25. The van der Waals surface area contributed by atoms with Crippen LogP contribution in [-0.2, 0) is 6.54 Å². The number of imidazole rings is 1. The van der Waals surface area contributed by atoms with Gasteiger partial charge < -0.3 is 9.88 Å². The minimum atomic E-state index is 0.609. The molecule has 1 saturated carbocycles. The molecule has 1 saturated heterocycles. The Hall–Kier alpha value is -0.830. The number of nitrogens with one attached hydrogen (secondary N) is 1. The van der Waals surface area contributed by atoms with Crippen molar-refractivity contribution >= 4 is 0 Å². The highest BCUT2D eigenvalue weighted by Crippen LogP contribution is 2.50. The zero-order chi connectivity index (χ0) is 11.7. The topological polar surface area (TPSA) is 29.9 Å². The maximum absolute atomic E-state index is 4.38. The van der Waals surface area contributed by atoms with Crippen LogP contribution < -0.4 is 5.32 Å². The maximum atomic E-state index is 4.38. The van der Waals surface area contributed by atoms with Gasteiger partial charge in [-0.3, -0.25) is 0 Å². The standard InChI is InChI=1S/C14H23N3/c1-2-14(5-6-14)10-17-11-16-9-13(17)12-4-3-7-15-8-12/h9,11-12,15H,2-8,10H2,1H3. The minimum Gasteiger partial charge on any atom is -0.334 e. The van der Waals surface area contributed by atoms with Gasteiger partial charge in [-0.15, -0.1) is 0 Å². The van der Waals surface area contributed by atoms with Crippen LogP contribution in [0.5, 0.6) is 0 Å². The Labute approximate surface area is 104 Å². The fourth-order valence-corrected chi connectivity index (χ4v) is 3.07. The normalized spacial score (nSPS) is 27.0. The number of aromatic nitrogens is 2. The molecule has 1 unspecified atom stereocenters. The molecule has 1 N–H and O–H groups in total. The van der Waals surface area contributed by atoms with Gasteiger partial charge in [0.2, 0.25) is 0 Å². The molecule has 2 fully saturated rings. The smallest absolute Gasteiger partial charge is 0.0948 e. The SMILES string of the molecule is CCC1(Cn2cncc2C2CCCNC2)CC1. The van der Waals surface area contributed by atoms with E-state index in [4.69, 9.17) is 0 Å². The molecule has 3 nitrogen and oxygen atoms in total. The Morgan fingerprint density at radius 2 is 2.41 bits per heavy atom. The second-order valence-electron chi connectivity index (χ2n) is 5.84. The average molecular weight is 233 g/mol. The summed E-state index contributed by atoms with van der Waals surface area (Å²) in [5.41, 5.74) is 2.06. The molecule has 0 spiro atoms. The van der Waals surface area contributed by atoms with Crippen LogP contribution in [-0.4, -0.2) is 22.6 Å². The molecule has 94 valence electrons. The van der Waals surface area contributed by atoms with Crippen LogP contribution in [0.15, 0.2) is 12.5 Å². The van der Waals surface area contributed by atoms with E-state index in [-0.39, 0.29) is 0 Å². The third-order valence-corrected chi connectivity index (χ3v) is 4.67. The summed E-state index contributed by atoms with van der Waals surface area (Å²) in [6.07, 6.45) is 10.9. The molecular formula is C14H23N3. The lowest BCUT2D eigenvalue weighted by atomic mass is 9.96. The van der Waals surface area contributed by atoms with E-state index in [0.29, 0.717) is 11.3 Å². The second kappa shape index (κ2) is 4.45. The summed E-state index contributed by atoms with van der Waals surface area (Å²) < 4.78 is 2.42. The van der Waals surface area contributed by atoms with Crippen LogP contribution in [0.4, 0.5) is 0 Å². The van der Waals surface area contributed by atoms with Gasteiger partial charge in [0.1, 0.15) is 0 Å². The summed E-state index contributed by atoms with van der Waals surface area (Å²) in [7, 11) is 0. The first-order valence-corrected chi connectivity index (χ1v) is 7.04. The molecule has 0 bridgehead atoms. The Balaban J connectivity index is 1.74. The highest BCUT2D eigenvalue weighted by Gasteiger charge is 2.41. The summed E-state index contributed by atoms with van der Waals surface area (Å²) in [6, 6.07) is 0. The molecule has 0 amide bonds. The number of rotatable bonds is 4. The van der Waals surface area contributed by atoms with Crippen molar-refractivity contribution < 1.29 is 0 Å². The fourth-order valence-electron chi connectivity index (χ4n) is 3.07. The van der Waals surface area contributed by atoms with Gasteiger partial charge in [-0.1, -0.05) is 6.92 Å². The highest BCUT2D eigenvalue weighted by atomic mass is 15.1. The van der Waals surface area contributed by atoms with Crippen molar-refractivity contribution in [3.63, 3.8) is 0 Å². The van der Waals surface area contributed by atoms with Crippen molar-refractivity contribution in [2.45, 2.75) is 51.5 Å². The van der Waals surface area contributed by atoms with Crippen molar-refractivity contribution in [1.82, 2.24) is 14.9 Å². The van der Waals surface area contributed by atoms with E-state index in [0.717, 1.165) is 6.54 Å². The van der Waals surface area contributed by atoms with Crippen molar-refractivity contribution in [1.29, 1.82) is 0 Å². The van der Waals surface area contributed by atoms with Crippen LogP contribution in [0.3, 0.4) is 0 Å². The van der Waals surface area contributed by atoms with Gasteiger partial charge in [0.05, 0.1) is 6.33 Å². The van der Waals surface area contributed by atoms with E-state index in [9.17, 15) is 0 Å². The van der Waals surface area contributed by atoms with E-state index < -0.39 is 0 Å². The number of piperidine rings is 1. The molecule has 3 heteroatoms. The van der Waals surface area contributed by atoms with Crippen molar-refractivity contribution in [2.75, 3.05) is 13.1 Å². The molecule has 0 aromatic carbocycles. The van der Waals surface area contributed by atoms with Crippen LogP contribution in [0.1, 0.15) is 50.6 Å². The summed E-state index contributed by atoms with van der Waals surface area (Å²) in [5, 5.41) is 3.50. The largest absolute Gasteiger partial charge is 0.334 e. The molecule has 1 aliphatic heterocycles. The Bertz CT molecular complexity index is 373. The molecule has 1 aromatic heterocycles. The van der Waals surface area contributed by atoms with Gasteiger partial charge in [-0.05, 0) is 44.1 Å². The quantitative estimate of drug-likeness (QED) is 0.866. The first kappa shape index (κ1) is 11.3. The van der Waals surface area contributed by atoms with Gasteiger partial charge in [-0.2, -0.15) is 0 Å². The molecule has 1 aliphatic carbocycles. The summed E-state index contributed by atoms with van der Waals surface area (Å²) >= 11 is 0. The molecular weight excluding hydrogens is 210 g/mol. The lowest BCUT2D eigenvalue weighted by molar-refractivity contribution is 0.380. The Morgan fingerprint density at radius 1 is 1.53 bits per heavy atom. The molecule has 17 heavy (non-hydrogen) atoms. The highest BCUT2D eigenvalue weighted by molar-refractivity contribution is 5.10. The summed E-state index contributed by atoms with van der Waals surface area (Å²) in [5.74, 6) is 0.680. The van der Waals surface area contributed by atoms with Gasteiger partial charge in [0.15, 0.2) is 0 Å². The summed E-state index contributed by atoms with van der Waals surface area (Å²) in [4.78, 5) is 4.38. The monoisotopic (exact) mass is 233 g/mol. The third-order valence-electron chi connectivity index (χ3n) is 4.67. The summed E-state index contributed by atoms with van der Waals surface area (Å²) in [6.45, 7) is 5.83. The minimum absolute atomic E-state index is 0.609. The molecule has 1 aromatic rings. The van der Waals surface area contributed by atoms with Crippen molar-refractivity contribution in [3.8, 4) is 0 Å². The van der Waals surface area contributed by atoms with Crippen LogP contribution in [0, 0.1) is 5.41 Å². The van der Waals surface area contributed by atoms with Crippen molar-refractivity contribution in [3.05, 3.63) is 18.2 Å². The first-order chi connectivity index (χ1) is 8.33. The first-order valence-electron chi connectivity index (χ1n) is 7.04. The zero-order valence-electron chi connectivity index (χ0n) is 10.8. The lowest BCUT2D eigenvalue weighted by Crippen LogP contribution is -2.30. The molecule has 0 radical (unpaired) electrons. The van der Waals surface area contributed by atoms with E-state index in [1.165, 1.54) is 50.9 Å². The van der Waals surface area contributed by atoms with Gasteiger partial charge in [-0.25, -0.2) is 4.98 Å². The zero-order valence-corrected chi connectivity index (χ0v) is 10.8. The van der Waals surface area contributed by atoms with E-state index in [1.54, 1.807) is 0 Å². The third kappa shape index (κ3) is 2.25.